The summed E-state index contributed by atoms with van der Waals surface area (Å²) in [5.41, 5.74) is 3.55. The molecular weight excluding hydrogens is 471 g/mol. The van der Waals surface area contributed by atoms with Crippen LogP contribution in [0.15, 0.2) is 61.1 Å². The summed E-state index contributed by atoms with van der Waals surface area (Å²) in [6, 6.07) is 14.8. The molecule has 3 heterocycles. The molecule has 0 saturated carbocycles. The van der Waals surface area contributed by atoms with Gasteiger partial charge in [-0.3, -0.25) is 9.69 Å². The van der Waals surface area contributed by atoms with Crippen LogP contribution < -0.4 is 0 Å². The lowest BCUT2D eigenvalue weighted by atomic mass is 9.95. The number of hydrogen-bond donors (Lipinski definition) is 1. The highest BCUT2D eigenvalue weighted by molar-refractivity contribution is 5.92. The molecular formula is C29H35FN4O3. The van der Waals surface area contributed by atoms with Crippen LogP contribution in [-0.4, -0.2) is 81.9 Å². The van der Waals surface area contributed by atoms with E-state index in [9.17, 15) is 14.3 Å². The Morgan fingerprint density at radius 3 is 2.54 bits per heavy atom. The number of hydrogen-bond acceptors (Lipinski definition) is 5. The summed E-state index contributed by atoms with van der Waals surface area (Å²) in [6.07, 6.45) is 5.33. The quantitative estimate of drug-likeness (QED) is 0.548. The van der Waals surface area contributed by atoms with Crippen molar-refractivity contribution in [3.63, 3.8) is 0 Å². The molecule has 8 heteroatoms. The summed E-state index contributed by atoms with van der Waals surface area (Å²) in [5, 5.41) is 10.1. The number of aliphatic hydroxyl groups excluding tert-OH is 1. The van der Waals surface area contributed by atoms with E-state index in [0.717, 1.165) is 42.6 Å². The van der Waals surface area contributed by atoms with Gasteiger partial charge in [0.15, 0.2) is 0 Å². The molecule has 2 aliphatic heterocycles. The number of benzene rings is 2. The second-order valence-corrected chi connectivity index (χ2v) is 10.1. The maximum absolute atomic E-state index is 13.6. The van der Waals surface area contributed by atoms with Crippen LogP contribution in [0.1, 0.15) is 48.3 Å². The van der Waals surface area contributed by atoms with Crippen LogP contribution in [0.3, 0.4) is 0 Å². The Bertz CT molecular complexity index is 1210. The molecule has 1 N–H and O–H groups in total. The number of likely N-dealkylation sites (tertiary alicyclic amines) is 2. The molecule has 0 unspecified atom stereocenters. The van der Waals surface area contributed by atoms with Gasteiger partial charge in [0.2, 0.25) is 0 Å². The number of rotatable bonds is 6. The second kappa shape index (κ2) is 11.1. The maximum atomic E-state index is 13.6. The van der Waals surface area contributed by atoms with Crippen LogP contribution >= 0.6 is 0 Å². The van der Waals surface area contributed by atoms with E-state index in [1.807, 2.05) is 33.7 Å². The number of carbonyl (C=O) groups excluding carboxylic acids is 1. The van der Waals surface area contributed by atoms with E-state index < -0.39 is 6.10 Å². The first-order valence-corrected chi connectivity index (χ1v) is 13.1. The normalized spacial score (nSPS) is 22.2. The second-order valence-electron chi connectivity index (χ2n) is 10.1. The summed E-state index contributed by atoms with van der Waals surface area (Å²) in [7, 11) is 1.65. The molecule has 196 valence electrons. The summed E-state index contributed by atoms with van der Waals surface area (Å²) >= 11 is 0. The van der Waals surface area contributed by atoms with E-state index in [4.69, 9.17) is 4.74 Å². The largest absolute Gasteiger partial charge is 0.390 e. The van der Waals surface area contributed by atoms with Crippen LogP contribution in [0, 0.1) is 5.82 Å². The van der Waals surface area contributed by atoms with Crippen molar-refractivity contribution in [2.75, 3.05) is 33.3 Å². The minimum absolute atomic E-state index is 0.00843. The smallest absolute Gasteiger partial charge is 0.272 e. The molecule has 2 aliphatic rings. The fraction of sp³-hybridized carbons (Fsp3) is 0.448. The summed E-state index contributed by atoms with van der Waals surface area (Å²) < 4.78 is 20.9. The Morgan fingerprint density at radius 2 is 1.81 bits per heavy atom. The van der Waals surface area contributed by atoms with Gasteiger partial charge in [-0.25, -0.2) is 9.37 Å². The lowest BCUT2D eigenvalue weighted by Crippen LogP contribution is -2.54. The van der Waals surface area contributed by atoms with E-state index in [-0.39, 0.29) is 23.9 Å². The molecule has 5 rings (SSSR count). The van der Waals surface area contributed by atoms with Gasteiger partial charge in [0.05, 0.1) is 30.8 Å². The van der Waals surface area contributed by atoms with E-state index >= 15 is 0 Å². The number of aliphatic hydroxyl groups is 1. The van der Waals surface area contributed by atoms with E-state index in [0.29, 0.717) is 31.2 Å². The van der Waals surface area contributed by atoms with Crippen molar-refractivity contribution >= 4 is 5.91 Å². The molecule has 0 bridgehead atoms. The van der Waals surface area contributed by atoms with Gasteiger partial charge >= 0.3 is 0 Å². The van der Waals surface area contributed by atoms with Crippen molar-refractivity contribution < 1.29 is 19.0 Å². The first-order valence-electron chi connectivity index (χ1n) is 13.1. The molecule has 3 aromatic rings. The third-order valence-electron chi connectivity index (χ3n) is 8.00. The van der Waals surface area contributed by atoms with Gasteiger partial charge in [-0.1, -0.05) is 36.4 Å². The van der Waals surface area contributed by atoms with Gasteiger partial charge in [-0.05, 0) is 55.0 Å². The number of methoxy groups -OCH3 is 1. The lowest BCUT2D eigenvalue weighted by Gasteiger charge is -2.43. The highest BCUT2D eigenvalue weighted by Gasteiger charge is 2.34. The van der Waals surface area contributed by atoms with Crippen molar-refractivity contribution in [2.24, 2.45) is 0 Å². The first-order chi connectivity index (χ1) is 18.0. The Hall–Kier alpha value is -3.07. The zero-order valence-electron chi connectivity index (χ0n) is 21.5. The van der Waals surface area contributed by atoms with Crippen LogP contribution in [0.4, 0.5) is 4.39 Å². The fourth-order valence-corrected chi connectivity index (χ4v) is 5.77. The average molecular weight is 507 g/mol. The Labute approximate surface area is 217 Å². The number of piperidine rings is 2. The standard InChI is InChI=1S/C29H35FN4O3/c1-20(24-5-3-4-6-25(24)21-7-9-22(30)10-8-21)34-19-31-17-26(34)29(36)32-14-11-23(12-15-32)33-16-13-27(35)28(18-33)37-2/h3-10,17,19-20,23,27-28,35H,11-16,18H2,1-2H3/t20-,27-,28-/m0/s1. The third-order valence-corrected chi connectivity index (χ3v) is 8.00. The van der Waals surface area contributed by atoms with Gasteiger partial charge in [0.25, 0.3) is 5.91 Å². The van der Waals surface area contributed by atoms with E-state index in [1.54, 1.807) is 31.8 Å². The Morgan fingerprint density at radius 1 is 1.08 bits per heavy atom. The number of aromatic nitrogens is 2. The maximum Gasteiger partial charge on any atom is 0.272 e. The summed E-state index contributed by atoms with van der Waals surface area (Å²) in [5.74, 6) is -0.275. The van der Waals surface area contributed by atoms with Crippen LogP contribution in [0.25, 0.3) is 11.1 Å². The molecule has 7 nitrogen and oxygen atoms in total. The van der Waals surface area contributed by atoms with Crippen molar-refractivity contribution in [1.82, 2.24) is 19.4 Å². The van der Waals surface area contributed by atoms with Crippen LogP contribution in [-0.2, 0) is 4.74 Å². The van der Waals surface area contributed by atoms with Crippen molar-refractivity contribution in [2.45, 2.75) is 50.5 Å². The van der Waals surface area contributed by atoms with Gasteiger partial charge in [-0.2, -0.15) is 0 Å². The number of halogens is 1. The van der Waals surface area contributed by atoms with E-state index in [2.05, 4.69) is 16.8 Å². The number of amides is 1. The average Bonchev–Trinajstić information content (AvgIpc) is 3.43. The molecule has 0 spiro atoms. The zero-order chi connectivity index (χ0) is 25.9. The predicted molar refractivity (Wildman–Crippen MR) is 140 cm³/mol. The highest BCUT2D eigenvalue weighted by atomic mass is 19.1. The van der Waals surface area contributed by atoms with Gasteiger partial charge in [0, 0.05) is 39.3 Å². The van der Waals surface area contributed by atoms with Crippen LogP contribution in [0.2, 0.25) is 0 Å². The topological polar surface area (TPSA) is 70.8 Å². The minimum atomic E-state index is -0.404. The zero-order valence-corrected chi connectivity index (χ0v) is 21.5. The van der Waals surface area contributed by atoms with Crippen molar-refractivity contribution in [3.05, 3.63) is 78.1 Å². The molecule has 2 saturated heterocycles. The summed E-state index contributed by atoms with van der Waals surface area (Å²) in [6.45, 7) is 5.02. The van der Waals surface area contributed by atoms with Crippen molar-refractivity contribution in [1.29, 1.82) is 0 Å². The molecule has 0 aliphatic carbocycles. The number of nitrogens with zero attached hydrogens (tertiary/aromatic N) is 4. The summed E-state index contributed by atoms with van der Waals surface area (Å²) in [4.78, 5) is 22.3. The molecule has 0 radical (unpaired) electrons. The first kappa shape index (κ1) is 25.6. The molecule has 2 fully saturated rings. The number of imidazole rings is 1. The monoisotopic (exact) mass is 506 g/mol. The third kappa shape index (κ3) is 5.32. The Balaban J connectivity index is 1.29. The fourth-order valence-electron chi connectivity index (χ4n) is 5.77. The van der Waals surface area contributed by atoms with E-state index in [1.165, 1.54) is 12.1 Å². The molecule has 1 amide bonds. The molecule has 3 atom stereocenters. The van der Waals surface area contributed by atoms with Gasteiger partial charge < -0.3 is 19.3 Å². The number of ether oxygens (including phenoxy) is 1. The van der Waals surface area contributed by atoms with Crippen LogP contribution in [0.5, 0.6) is 0 Å². The highest BCUT2D eigenvalue weighted by Crippen LogP contribution is 2.31. The number of carbonyl (C=O) groups is 1. The SMILES string of the molecule is CO[C@H]1CN(C2CCN(C(=O)c3cncn3[C@@H](C)c3ccccc3-c3ccc(F)cc3)CC2)CC[C@@H]1O. The van der Waals surface area contributed by atoms with Gasteiger partial charge in [0.1, 0.15) is 11.5 Å². The molecule has 37 heavy (non-hydrogen) atoms. The lowest BCUT2D eigenvalue weighted by molar-refractivity contribution is -0.0740. The minimum Gasteiger partial charge on any atom is -0.390 e. The van der Waals surface area contributed by atoms with Crippen molar-refractivity contribution in [3.8, 4) is 11.1 Å². The molecule has 2 aromatic carbocycles. The predicted octanol–water partition coefficient (Wildman–Crippen LogP) is 3.98. The Kier molecular flexibility index (Phi) is 7.69. The van der Waals surface area contributed by atoms with Gasteiger partial charge in [-0.15, -0.1) is 0 Å². The molecule has 1 aromatic heterocycles.